The van der Waals surface area contributed by atoms with Crippen LogP contribution in [-0.4, -0.2) is 48.3 Å². The first-order valence-corrected chi connectivity index (χ1v) is 6.61. The third-order valence-corrected chi connectivity index (χ3v) is 3.21. The number of nitrogens with one attached hydrogen (secondary N) is 1. The van der Waals surface area contributed by atoms with Gasteiger partial charge in [0.2, 0.25) is 0 Å². The molecular weight excluding hydrogens is 230 g/mol. The molecule has 0 radical (unpaired) electrons. The van der Waals surface area contributed by atoms with Crippen molar-refractivity contribution in [2.45, 2.75) is 25.7 Å². The van der Waals surface area contributed by atoms with Gasteiger partial charge in [-0.2, -0.15) is 11.8 Å². The first-order valence-electron chi connectivity index (χ1n) is 5.22. The SMILES string of the molecule is CSCC(CNC(=O)O)C1COC(C)(C)O1. The van der Waals surface area contributed by atoms with Gasteiger partial charge in [-0.05, 0) is 20.1 Å². The molecule has 0 aromatic carbocycles. The molecule has 2 N–H and O–H groups in total. The van der Waals surface area contributed by atoms with E-state index in [0.29, 0.717) is 13.2 Å². The fourth-order valence-corrected chi connectivity index (χ4v) is 2.44. The van der Waals surface area contributed by atoms with Crippen molar-refractivity contribution in [1.29, 1.82) is 0 Å². The smallest absolute Gasteiger partial charge is 0.404 e. The standard InChI is InChI=1S/C10H19NO4S/c1-10(2)14-5-8(15-10)7(6-16-3)4-11-9(12)13/h7-8,11H,4-6H2,1-3H3,(H,12,13). The molecule has 1 aliphatic heterocycles. The van der Waals surface area contributed by atoms with Gasteiger partial charge in [-0.15, -0.1) is 0 Å². The molecule has 1 saturated heterocycles. The van der Waals surface area contributed by atoms with Gasteiger partial charge < -0.3 is 19.9 Å². The maximum absolute atomic E-state index is 10.5. The summed E-state index contributed by atoms with van der Waals surface area (Å²) in [4.78, 5) is 10.5. The minimum atomic E-state index is -0.996. The number of thioether (sulfide) groups is 1. The number of hydrogen-bond donors (Lipinski definition) is 2. The Labute approximate surface area is 99.9 Å². The van der Waals surface area contributed by atoms with E-state index in [4.69, 9.17) is 14.6 Å². The average molecular weight is 249 g/mol. The van der Waals surface area contributed by atoms with E-state index in [1.807, 2.05) is 20.1 Å². The van der Waals surface area contributed by atoms with Crippen LogP contribution in [0.1, 0.15) is 13.8 Å². The monoisotopic (exact) mass is 249 g/mol. The van der Waals surface area contributed by atoms with Crippen LogP contribution < -0.4 is 5.32 Å². The first-order chi connectivity index (χ1) is 7.44. The van der Waals surface area contributed by atoms with E-state index in [0.717, 1.165) is 5.75 Å². The number of hydrogen-bond acceptors (Lipinski definition) is 4. The highest BCUT2D eigenvalue weighted by Crippen LogP contribution is 2.27. The van der Waals surface area contributed by atoms with Gasteiger partial charge in [-0.3, -0.25) is 0 Å². The molecule has 1 fully saturated rings. The Hall–Kier alpha value is -0.460. The Morgan fingerprint density at radius 1 is 1.69 bits per heavy atom. The third-order valence-electron chi connectivity index (χ3n) is 2.45. The Balaban J connectivity index is 2.47. The molecule has 0 saturated carbocycles. The summed E-state index contributed by atoms with van der Waals surface area (Å²) in [5, 5.41) is 11.0. The molecule has 1 heterocycles. The van der Waals surface area contributed by atoms with Crippen molar-refractivity contribution in [3.63, 3.8) is 0 Å². The lowest BCUT2D eigenvalue weighted by Crippen LogP contribution is -2.37. The molecule has 1 rings (SSSR count). The fraction of sp³-hybridized carbons (Fsp3) is 0.900. The predicted octanol–water partition coefficient (Wildman–Crippen LogP) is 1.38. The van der Waals surface area contributed by atoms with Crippen LogP contribution in [0, 0.1) is 5.92 Å². The van der Waals surface area contributed by atoms with Crippen molar-refractivity contribution in [3.8, 4) is 0 Å². The van der Waals surface area contributed by atoms with E-state index in [1.54, 1.807) is 11.8 Å². The molecular formula is C10H19NO4S. The van der Waals surface area contributed by atoms with Gasteiger partial charge in [0.05, 0.1) is 12.7 Å². The summed E-state index contributed by atoms with van der Waals surface area (Å²) < 4.78 is 11.2. The summed E-state index contributed by atoms with van der Waals surface area (Å²) in [5.41, 5.74) is 0. The predicted molar refractivity (Wildman–Crippen MR) is 62.8 cm³/mol. The third kappa shape index (κ3) is 4.19. The zero-order valence-corrected chi connectivity index (χ0v) is 10.7. The second kappa shape index (κ2) is 5.75. The second-order valence-corrected chi connectivity index (χ2v) is 5.18. The lowest BCUT2D eigenvalue weighted by atomic mass is 10.1. The van der Waals surface area contributed by atoms with Gasteiger partial charge in [0.25, 0.3) is 0 Å². The van der Waals surface area contributed by atoms with Crippen LogP contribution in [0.3, 0.4) is 0 Å². The molecule has 2 atom stereocenters. The lowest BCUT2D eigenvalue weighted by Gasteiger charge is -2.23. The first kappa shape index (κ1) is 13.6. The Morgan fingerprint density at radius 2 is 2.38 bits per heavy atom. The number of amides is 1. The molecule has 16 heavy (non-hydrogen) atoms. The summed E-state index contributed by atoms with van der Waals surface area (Å²) in [6, 6.07) is 0. The zero-order valence-electron chi connectivity index (χ0n) is 9.86. The van der Waals surface area contributed by atoms with Gasteiger partial charge in [0.15, 0.2) is 5.79 Å². The van der Waals surface area contributed by atoms with Crippen molar-refractivity contribution in [2.24, 2.45) is 5.92 Å². The molecule has 0 bridgehead atoms. The van der Waals surface area contributed by atoms with Crippen molar-refractivity contribution >= 4 is 17.9 Å². The summed E-state index contributed by atoms with van der Waals surface area (Å²) in [7, 11) is 0. The van der Waals surface area contributed by atoms with E-state index in [-0.39, 0.29) is 12.0 Å². The summed E-state index contributed by atoms with van der Waals surface area (Å²) in [6.45, 7) is 4.67. The van der Waals surface area contributed by atoms with Crippen LogP contribution in [0.5, 0.6) is 0 Å². The number of carboxylic acid groups (broad SMARTS) is 1. The summed E-state index contributed by atoms with van der Waals surface area (Å²) >= 11 is 1.68. The molecule has 0 aromatic heterocycles. The maximum atomic E-state index is 10.5. The zero-order chi connectivity index (χ0) is 12.2. The molecule has 0 aromatic rings. The lowest BCUT2D eigenvalue weighted by molar-refractivity contribution is -0.143. The second-order valence-electron chi connectivity index (χ2n) is 4.27. The maximum Gasteiger partial charge on any atom is 0.404 e. The quantitative estimate of drug-likeness (QED) is 0.770. The number of rotatable bonds is 5. The topological polar surface area (TPSA) is 67.8 Å². The van der Waals surface area contributed by atoms with Crippen LogP contribution >= 0.6 is 11.8 Å². The van der Waals surface area contributed by atoms with Gasteiger partial charge in [-0.1, -0.05) is 0 Å². The number of ether oxygens (including phenoxy) is 2. The van der Waals surface area contributed by atoms with Gasteiger partial charge >= 0.3 is 6.09 Å². The van der Waals surface area contributed by atoms with Crippen LogP contribution in [-0.2, 0) is 9.47 Å². The fourth-order valence-electron chi connectivity index (χ4n) is 1.68. The molecule has 2 unspecified atom stereocenters. The van der Waals surface area contributed by atoms with Gasteiger partial charge in [0.1, 0.15) is 0 Å². The van der Waals surface area contributed by atoms with E-state index >= 15 is 0 Å². The van der Waals surface area contributed by atoms with Crippen LogP contribution in [0.4, 0.5) is 4.79 Å². The van der Waals surface area contributed by atoms with Crippen molar-refractivity contribution < 1.29 is 19.4 Å². The van der Waals surface area contributed by atoms with E-state index in [2.05, 4.69) is 5.32 Å². The molecule has 0 aliphatic carbocycles. The summed E-state index contributed by atoms with van der Waals surface area (Å²) in [5.74, 6) is 0.447. The highest BCUT2D eigenvalue weighted by atomic mass is 32.2. The highest BCUT2D eigenvalue weighted by molar-refractivity contribution is 7.98. The Morgan fingerprint density at radius 3 is 2.81 bits per heavy atom. The van der Waals surface area contributed by atoms with Crippen molar-refractivity contribution in [2.75, 3.05) is 25.2 Å². The minimum Gasteiger partial charge on any atom is -0.465 e. The molecule has 94 valence electrons. The molecule has 6 heteroatoms. The van der Waals surface area contributed by atoms with E-state index in [1.165, 1.54) is 0 Å². The average Bonchev–Trinajstić information content (AvgIpc) is 2.53. The van der Waals surface area contributed by atoms with Crippen LogP contribution in [0.25, 0.3) is 0 Å². The van der Waals surface area contributed by atoms with Gasteiger partial charge in [-0.25, -0.2) is 4.79 Å². The Kier molecular flexibility index (Phi) is 4.89. The molecule has 5 nitrogen and oxygen atoms in total. The minimum absolute atomic E-state index is 0.0331. The Bertz CT molecular complexity index is 247. The van der Waals surface area contributed by atoms with E-state index < -0.39 is 11.9 Å². The molecule has 1 aliphatic rings. The summed E-state index contributed by atoms with van der Waals surface area (Å²) in [6.07, 6.45) is 0.966. The molecule has 0 spiro atoms. The van der Waals surface area contributed by atoms with Crippen molar-refractivity contribution in [3.05, 3.63) is 0 Å². The largest absolute Gasteiger partial charge is 0.465 e. The molecule has 1 amide bonds. The van der Waals surface area contributed by atoms with Crippen molar-refractivity contribution in [1.82, 2.24) is 5.32 Å². The number of carbonyl (C=O) groups is 1. The highest BCUT2D eigenvalue weighted by Gasteiger charge is 2.37. The van der Waals surface area contributed by atoms with E-state index in [9.17, 15) is 4.79 Å². The van der Waals surface area contributed by atoms with Crippen LogP contribution in [0.2, 0.25) is 0 Å². The van der Waals surface area contributed by atoms with Crippen LogP contribution in [0.15, 0.2) is 0 Å². The normalized spacial score (nSPS) is 25.3. The van der Waals surface area contributed by atoms with Gasteiger partial charge in [0, 0.05) is 18.2 Å².